The molecule has 1 saturated heterocycles. The monoisotopic (exact) mass is 279 g/mol. The number of hydrogen-bond acceptors (Lipinski definition) is 6. The first-order valence-corrected chi connectivity index (χ1v) is 6.22. The van der Waals surface area contributed by atoms with Crippen LogP contribution in [0.4, 0.5) is 4.39 Å². The van der Waals surface area contributed by atoms with Gasteiger partial charge in [-0.1, -0.05) is 5.16 Å². The average Bonchev–Trinajstić information content (AvgIpc) is 2.86. The Labute approximate surface area is 114 Å². The van der Waals surface area contributed by atoms with Crippen LogP contribution in [0.2, 0.25) is 0 Å². The van der Waals surface area contributed by atoms with Crippen LogP contribution in [-0.2, 0) is 11.3 Å². The molecule has 0 amide bonds. The lowest BCUT2D eigenvalue weighted by Crippen LogP contribution is -2.58. The summed E-state index contributed by atoms with van der Waals surface area (Å²) in [5.74, 6) is -0.537. The van der Waals surface area contributed by atoms with Gasteiger partial charge in [-0.15, -0.1) is 0 Å². The van der Waals surface area contributed by atoms with Gasteiger partial charge in [0.2, 0.25) is 5.82 Å². The third-order valence-electron chi connectivity index (χ3n) is 3.22. The first-order chi connectivity index (χ1) is 9.56. The molecule has 1 fully saturated rings. The maximum Gasteiger partial charge on any atom is 0.252 e. The van der Waals surface area contributed by atoms with Gasteiger partial charge in [0.05, 0.1) is 5.60 Å². The molecule has 6 nitrogen and oxygen atoms in total. The fourth-order valence-electron chi connectivity index (χ4n) is 1.89. The van der Waals surface area contributed by atoms with E-state index in [0.717, 1.165) is 19.2 Å². The van der Waals surface area contributed by atoms with Crippen molar-refractivity contribution in [3.63, 3.8) is 0 Å². The lowest BCUT2D eigenvalue weighted by molar-refractivity contribution is -0.0841. The molecule has 2 heterocycles. The normalized spacial score (nSPS) is 16.9. The molecule has 0 unspecified atom stereocenters. The van der Waals surface area contributed by atoms with E-state index in [-0.39, 0.29) is 18.0 Å². The predicted molar refractivity (Wildman–Crippen MR) is 67.4 cm³/mol. The van der Waals surface area contributed by atoms with Gasteiger partial charge in [0, 0.05) is 18.7 Å². The number of benzene rings is 1. The van der Waals surface area contributed by atoms with Crippen molar-refractivity contribution in [3.8, 4) is 17.1 Å². The molecule has 0 spiro atoms. The molecule has 0 atom stereocenters. The van der Waals surface area contributed by atoms with E-state index in [9.17, 15) is 4.39 Å². The summed E-state index contributed by atoms with van der Waals surface area (Å²) in [6.45, 7) is 3.79. The smallest absolute Gasteiger partial charge is 0.252 e. The van der Waals surface area contributed by atoms with Gasteiger partial charge >= 0.3 is 0 Å². The molecule has 0 radical (unpaired) electrons. The molecule has 3 rings (SSSR count). The maximum absolute atomic E-state index is 13.3. The summed E-state index contributed by atoms with van der Waals surface area (Å²) in [7, 11) is 0. The van der Waals surface area contributed by atoms with Crippen molar-refractivity contribution in [3.05, 3.63) is 29.9 Å². The Balaban J connectivity index is 1.71. The molecule has 0 saturated carbocycles. The highest BCUT2D eigenvalue weighted by molar-refractivity contribution is 5.55. The predicted octanol–water partition coefficient (Wildman–Crippen LogP) is 1.46. The van der Waals surface area contributed by atoms with Crippen LogP contribution < -0.4 is 5.32 Å². The van der Waals surface area contributed by atoms with E-state index in [1.807, 2.05) is 6.92 Å². The number of ether oxygens (including phenoxy) is 1. The van der Waals surface area contributed by atoms with Crippen molar-refractivity contribution >= 4 is 0 Å². The first-order valence-electron chi connectivity index (χ1n) is 6.22. The van der Waals surface area contributed by atoms with E-state index in [0.29, 0.717) is 11.5 Å². The van der Waals surface area contributed by atoms with Crippen molar-refractivity contribution < 1.29 is 18.8 Å². The van der Waals surface area contributed by atoms with Crippen LogP contribution in [0.1, 0.15) is 12.8 Å². The summed E-state index contributed by atoms with van der Waals surface area (Å²) in [6.07, 6.45) is 0. The molecule has 2 aromatic rings. The molecular weight excluding hydrogens is 265 g/mol. The van der Waals surface area contributed by atoms with Crippen molar-refractivity contribution in [2.45, 2.75) is 19.1 Å². The van der Waals surface area contributed by atoms with Gasteiger partial charge in [-0.2, -0.15) is 4.98 Å². The quantitative estimate of drug-likeness (QED) is 0.882. The Hall–Kier alpha value is -1.99. The highest BCUT2D eigenvalue weighted by Crippen LogP contribution is 2.23. The lowest BCUT2D eigenvalue weighted by atomic mass is 10.0. The summed E-state index contributed by atoms with van der Waals surface area (Å²) in [5, 5.41) is 16.0. The van der Waals surface area contributed by atoms with Crippen LogP contribution in [0, 0.1) is 5.82 Å². The second-order valence-electron chi connectivity index (χ2n) is 5.02. The van der Waals surface area contributed by atoms with Gasteiger partial charge in [-0.25, -0.2) is 4.39 Å². The van der Waals surface area contributed by atoms with Gasteiger partial charge in [0.25, 0.3) is 5.89 Å². The standard InChI is InChI=1S/C13H14FN3O3/c1-13(6-15-7-13)19-5-11-16-12(17-20-11)8-2-3-10(18)9(14)4-8/h2-4,15,18H,5-7H2,1H3. The zero-order chi connectivity index (χ0) is 14.2. The van der Waals surface area contributed by atoms with E-state index in [1.54, 1.807) is 0 Å². The van der Waals surface area contributed by atoms with Crippen molar-refractivity contribution in [2.24, 2.45) is 0 Å². The summed E-state index contributed by atoms with van der Waals surface area (Å²) in [4.78, 5) is 4.14. The molecule has 20 heavy (non-hydrogen) atoms. The minimum Gasteiger partial charge on any atom is -0.505 e. The van der Waals surface area contributed by atoms with Gasteiger partial charge < -0.3 is 19.7 Å². The molecule has 1 aliphatic rings. The number of phenols is 1. The molecular formula is C13H14FN3O3. The van der Waals surface area contributed by atoms with Gasteiger partial charge in [0.15, 0.2) is 11.6 Å². The first kappa shape index (κ1) is 13.0. The van der Waals surface area contributed by atoms with Gasteiger partial charge in [-0.05, 0) is 25.1 Å². The zero-order valence-corrected chi connectivity index (χ0v) is 10.9. The largest absolute Gasteiger partial charge is 0.505 e. The molecule has 0 bridgehead atoms. The number of hydrogen-bond donors (Lipinski definition) is 2. The average molecular weight is 279 g/mol. The van der Waals surface area contributed by atoms with Crippen molar-refractivity contribution in [2.75, 3.05) is 13.1 Å². The van der Waals surface area contributed by atoms with Crippen molar-refractivity contribution in [1.82, 2.24) is 15.5 Å². The number of aromatic nitrogens is 2. The Morgan fingerprint density at radius 3 is 2.95 bits per heavy atom. The Morgan fingerprint density at radius 1 is 1.50 bits per heavy atom. The molecule has 0 aliphatic carbocycles. The topological polar surface area (TPSA) is 80.4 Å². The SMILES string of the molecule is CC1(OCc2nc(-c3ccc(O)c(F)c3)no2)CNC1. The van der Waals surface area contributed by atoms with Crippen LogP contribution in [0.15, 0.2) is 22.7 Å². The summed E-state index contributed by atoms with van der Waals surface area (Å²) in [6, 6.07) is 3.92. The van der Waals surface area contributed by atoms with E-state index in [4.69, 9.17) is 14.4 Å². The van der Waals surface area contributed by atoms with Crippen LogP contribution in [-0.4, -0.2) is 33.9 Å². The summed E-state index contributed by atoms with van der Waals surface area (Å²) in [5.41, 5.74) is 0.242. The third-order valence-corrected chi connectivity index (χ3v) is 3.22. The van der Waals surface area contributed by atoms with E-state index < -0.39 is 11.6 Å². The molecule has 2 N–H and O–H groups in total. The Morgan fingerprint density at radius 2 is 2.30 bits per heavy atom. The number of rotatable bonds is 4. The molecule has 1 aromatic heterocycles. The number of aromatic hydroxyl groups is 1. The number of nitrogens with one attached hydrogen (secondary N) is 1. The second-order valence-corrected chi connectivity index (χ2v) is 5.02. The highest BCUT2D eigenvalue weighted by atomic mass is 19.1. The summed E-state index contributed by atoms with van der Waals surface area (Å²) < 4.78 is 24.0. The lowest BCUT2D eigenvalue weighted by Gasteiger charge is -2.38. The van der Waals surface area contributed by atoms with Crippen LogP contribution in [0.3, 0.4) is 0 Å². The highest BCUT2D eigenvalue weighted by Gasteiger charge is 2.33. The number of phenolic OH excluding ortho intramolecular Hbond substituents is 1. The summed E-state index contributed by atoms with van der Waals surface area (Å²) >= 11 is 0. The fourth-order valence-corrected chi connectivity index (χ4v) is 1.89. The van der Waals surface area contributed by atoms with Crippen LogP contribution in [0.25, 0.3) is 11.4 Å². The van der Waals surface area contributed by atoms with E-state index in [1.165, 1.54) is 12.1 Å². The number of nitrogens with zero attached hydrogens (tertiary/aromatic N) is 2. The van der Waals surface area contributed by atoms with Crippen LogP contribution >= 0.6 is 0 Å². The Kier molecular flexibility index (Phi) is 3.15. The van der Waals surface area contributed by atoms with E-state index in [2.05, 4.69) is 15.5 Å². The van der Waals surface area contributed by atoms with Gasteiger partial charge in [-0.3, -0.25) is 0 Å². The fraction of sp³-hybridized carbons (Fsp3) is 0.385. The third kappa shape index (κ3) is 2.50. The van der Waals surface area contributed by atoms with Crippen LogP contribution in [0.5, 0.6) is 5.75 Å². The van der Waals surface area contributed by atoms with Gasteiger partial charge in [0.1, 0.15) is 6.61 Å². The minimum absolute atomic E-state index is 0.195. The second kappa shape index (κ2) is 4.84. The van der Waals surface area contributed by atoms with Crippen molar-refractivity contribution in [1.29, 1.82) is 0 Å². The maximum atomic E-state index is 13.3. The molecule has 106 valence electrons. The molecule has 1 aliphatic heterocycles. The molecule has 1 aromatic carbocycles. The number of halogens is 1. The zero-order valence-electron chi connectivity index (χ0n) is 10.9. The Bertz CT molecular complexity index is 625. The molecule has 7 heteroatoms. The van der Waals surface area contributed by atoms with E-state index >= 15 is 0 Å². The minimum atomic E-state index is -0.724.